The summed E-state index contributed by atoms with van der Waals surface area (Å²) in [7, 11) is 0. The van der Waals surface area contributed by atoms with Crippen LogP contribution in [0, 0.1) is 0 Å². The highest BCUT2D eigenvalue weighted by Gasteiger charge is 2.31. The van der Waals surface area contributed by atoms with Gasteiger partial charge in [0.2, 0.25) is 0 Å². The second-order valence-corrected chi connectivity index (χ2v) is 6.09. The van der Waals surface area contributed by atoms with E-state index in [1.165, 1.54) is 19.3 Å². The number of hydrogen-bond donors (Lipinski definition) is 2. The standard InChI is InChI=1S/C17H24O4/c1-17(7-3-2-4-8-17)14-11-13(5-6-15(14)19)12-16(20)21-10-9-18/h5-6,11,18-19H,2-4,7-10,12H2,1H3. The smallest absolute Gasteiger partial charge is 0.310 e. The number of aliphatic hydroxyl groups excluding tert-OH is 1. The molecule has 0 radical (unpaired) electrons. The largest absolute Gasteiger partial charge is 0.508 e. The maximum Gasteiger partial charge on any atom is 0.310 e. The topological polar surface area (TPSA) is 66.8 Å². The molecule has 116 valence electrons. The first kappa shape index (κ1) is 15.8. The van der Waals surface area contributed by atoms with E-state index < -0.39 is 0 Å². The summed E-state index contributed by atoms with van der Waals surface area (Å²) in [5.41, 5.74) is 1.78. The molecule has 1 aromatic rings. The average molecular weight is 292 g/mol. The van der Waals surface area contributed by atoms with E-state index in [0.717, 1.165) is 24.0 Å². The van der Waals surface area contributed by atoms with Gasteiger partial charge in [-0.3, -0.25) is 4.79 Å². The van der Waals surface area contributed by atoms with Crippen molar-refractivity contribution in [2.75, 3.05) is 13.2 Å². The monoisotopic (exact) mass is 292 g/mol. The van der Waals surface area contributed by atoms with E-state index in [0.29, 0.717) is 5.75 Å². The molecule has 1 fully saturated rings. The number of rotatable bonds is 5. The lowest BCUT2D eigenvalue weighted by Gasteiger charge is -2.34. The highest BCUT2D eigenvalue weighted by Crippen LogP contribution is 2.42. The van der Waals surface area contributed by atoms with Crippen LogP contribution in [0.25, 0.3) is 0 Å². The predicted molar refractivity (Wildman–Crippen MR) is 80.3 cm³/mol. The molecule has 0 atom stereocenters. The molecule has 1 saturated carbocycles. The van der Waals surface area contributed by atoms with Crippen LogP contribution in [0.15, 0.2) is 18.2 Å². The number of esters is 1. The zero-order valence-corrected chi connectivity index (χ0v) is 12.6. The summed E-state index contributed by atoms with van der Waals surface area (Å²) in [6, 6.07) is 5.36. The average Bonchev–Trinajstić information content (AvgIpc) is 2.48. The summed E-state index contributed by atoms with van der Waals surface area (Å²) in [6.45, 7) is 2.06. The highest BCUT2D eigenvalue weighted by atomic mass is 16.5. The van der Waals surface area contributed by atoms with Crippen LogP contribution in [0.3, 0.4) is 0 Å². The Kier molecular flexibility index (Phi) is 5.23. The first-order chi connectivity index (χ1) is 10.0. The molecule has 4 nitrogen and oxygen atoms in total. The molecule has 0 bridgehead atoms. The lowest BCUT2D eigenvalue weighted by Crippen LogP contribution is -2.25. The van der Waals surface area contributed by atoms with Gasteiger partial charge in [-0.05, 0) is 29.9 Å². The van der Waals surface area contributed by atoms with E-state index in [4.69, 9.17) is 9.84 Å². The second-order valence-electron chi connectivity index (χ2n) is 6.09. The second kappa shape index (κ2) is 6.94. The lowest BCUT2D eigenvalue weighted by atomic mass is 9.70. The van der Waals surface area contributed by atoms with E-state index in [2.05, 4.69) is 6.92 Å². The third kappa shape index (κ3) is 3.97. The minimum Gasteiger partial charge on any atom is -0.508 e. The molecule has 2 N–H and O–H groups in total. The minimum absolute atomic E-state index is 0.00660. The van der Waals surface area contributed by atoms with Gasteiger partial charge in [0.25, 0.3) is 0 Å². The maximum atomic E-state index is 11.6. The van der Waals surface area contributed by atoms with E-state index in [1.54, 1.807) is 12.1 Å². The van der Waals surface area contributed by atoms with E-state index in [-0.39, 0.29) is 31.0 Å². The van der Waals surface area contributed by atoms with Crippen molar-refractivity contribution in [3.05, 3.63) is 29.3 Å². The summed E-state index contributed by atoms with van der Waals surface area (Å²) in [4.78, 5) is 11.6. The van der Waals surface area contributed by atoms with Crippen molar-refractivity contribution in [2.45, 2.75) is 50.9 Å². The molecular weight excluding hydrogens is 268 g/mol. The van der Waals surface area contributed by atoms with Crippen LogP contribution in [-0.2, 0) is 21.4 Å². The van der Waals surface area contributed by atoms with Gasteiger partial charge in [-0.1, -0.05) is 38.3 Å². The Morgan fingerprint density at radius 2 is 2.00 bits per heavy atom. The quantitative estimate of drug-likeness (QED) is 0.819. The molecule has 0 aliphatic heterocycles. The van der Waals surface area contributed by atoms with Crippen molar-refractivity contribution in [3.8, 4) is 5.75 Å². The van der Waals surface area contributed by atoms with Crippen molar-refractivity contribution >= 4 is 5.97 Å². The summed E-state index contributed by atoms with van der Waals surface area (Å²) in [6.07, 6.45) is 5.92. The van der Waals surface area contributed by atoms with E-state index >= 15 is 0 Å². The normalized spacial score (nSPS) is 17.4. The zero-order valence-electron chi connectivity index (χ0n) is 12.6. The Balaban J connectivity index is 2.15. The molecule has 2 rings (SSSR count). The summed E-state index contributed by atoms with van der Waals surface area (Å²) < 4.78 is 4.88. The Hall–Kier alpha value is -1.55. The van der Waals surface area contributed by atoms with Crippen molar-refractivity contribution in [1.82, 2.24) is 0 Å². The van der Waals surface area contributed by atoms with Crippen LogP contribution in [-0.4, -0.2) is 29.4 Å². The minimum atomic E-state index is -0.352. The van der Waals surface area contributed by atoms with Gasteiger partial charge in [-0.2, -0.15) is 0 Å². The van der Waals surface area contributed by atoms with Gasteiger partial charge in [0.05, 0.1) is 13.0 Å². The Bertz CT molecular complexity index is 490. The molecular formula is C17H24O4. The molecule has 1 aliphatic carbocycles. The lowest BCUT2D eigenvalue weighted by molar-refractivity contribution is -0.143. The molecule has 0 saturated heterocycles. The molecule has 0 amide bonds. The number of benzene rings is 1. The van der Waals surface area contributed by atoms with Crippen LogP contribution in [0.2, 0.25) is 0 Å². The van der Waals surface area contributed by atoms with E-state index in [1.807, 2.05) is 6.07 Å². The Morgan fingerprint density at radius 3 is 2.67 bits per heavy atom. The first-order valence-corrected chi connectivity index (χ1v) is 7.64. The molecule has 21 heavy (non-hydrogen) atoms. The number of aromatic hydroxyl groups is 1. The van der Waals surface area contributed by atoms with Crippen molar-refractivity contribution in [3.63, 3.8) is 0 Å². The fourth-order valence-electron chi connectivity index (χ4n) is 3.16. The van der Waals surface area contributed by atoms with Crippen molar-refractivity contribution in [1.29, 1.82) is 0 Å². The number of phenols is 1. The summed E-state index contributed by atoms with van der Waals surface area (Å²) in [5.74, 6) is -0.0404. The third-order valence-corrected chi connectivity index (χ3v) is 4.37. The molecule has 0 aromatic heterocycles. The number of phenolic OH excluding ortho intramolecular Hbond substituents is 1. The number of carbonyl (C=O) groups is 1. The summed E-state index contributed by atoms with van der Waals surface area (Å²) in [5, 5.41) is 18.8. The van der Waals surface area contributed by atoms with Crippen LogP contribution < -0.4 is 0 Å². The SMILES string of the molecule is CC1(c2cc(CC(=O)OCCO)ccc2O)CCCCC1. The van der Waals surface area contributed by atoms with Gasteiger partial charge in [0.1, 0.15) is 12.4 Å². The van der Waals surface area contributed by atoms with Gasteiger partial charge < -0.3 is 14.9 Å². The van der Waals surface area contributed by atoms with Gasteiger partial charge >= 0.3 is 5.97 Å². The van der Waals surface area contributed by atoms with Gasteiger partial charge in [-0.15, -0.1) is 0 Å². The molecule has 0 spiro atoms. The van der Waals surface area contributed by atoms with Crippen LogP contribution in [0.1, 0.15) is 50.2 Å². The molecule has 0 heterocycles. The number of carbonyl (C=O) groups excluding carboxylic acids is 1. The van der Waals surface area contributed by atoms with Gasteiger partial charge in [0, 0.05) is 5.56 Å². The maximum absolute atomic E-state index is 11.6. The molecule has 4 heteroatoms. The zero-order chi connectivity index (χ0) is 15.3. The Morgan fingerprint density at radius 1 is 1.29 bits per heavy atom. The van der Waals surface area contributed by atoms with Crippen LogP contribution >= 0.6 is 0 Å². The molecule has 1 aromatic carbocycles. The number of hydrogen-bond acceptors (Lipinski definition) is 4. The summed E-state index contributed by atoms with van der Waals surface area (Å²) >= 11 is 0. The van der Waals surface area contributed by atoms with Crippen LogP contribution in [0.5, 0.6) is 5.75 Å². The fourth-order valence-corrected chi connectivity index (χ4v) is 3.16. The number of aliphatic hydroxyl groups is 1. The first-order valence-electron chi connectivity index (χ1n) is 7.64. The third-order valence-electron chi connectivity index (χ3n) is 4.37. The van der Waals surface area contributed by atoms with Crippen molar-refractivity contribution in [2.24, 2.45) is 0 Å². The Labute approximate surface area is 125 Å². The molecule has 0 unspecified atom stereocenters. The van der Waals surface area contributed by atoms with E-state index in [9.17, 15) is 9.90 Å². The van der Waals surface area contributed by atoms with Crippen molar-refractivity contribution < 1.29 is 19.7 Å². The van der Waals surface area contributed by atoms with Gasteiger partial charge in [0.15, 0.2) is 0 Å². The van der Waals surface area contributed by atoms with Crippen LogP contribution in [0.4, 0.5) is 0 Å². The molecule has 1 aliphatic rings. The fraction of sp³-hybridized carbons (Fsp3) is 0.588. The van der Waals surface area contributed by atoms with Gasteiger partial charge in [-0.25, -0.2) is 0 Å². The highest BCUT2D eigenvalue weighted by molar-refractivity contribution is 5.72. The number of ether oxygens (including phenoxy) is 1. The predicted octanol–water partition coefficient (Wildman–Crippen LogP) is 2.69.